The molecule has 4 saturated carbocycles. The number of carbonyl (C=O) groups is 2. The van der Waals surface area contributed by atoms with Gasteiger partial charge in [-0.2, -0.15) is 0 Å². The third-order valence-corrected chi connectivity index (χ3v) is 19.3. The van der Waals surface area contributed by atoms with Gasteiger partial charge in [0, 0.05) is 68.2 Å². The number of aliphatic hydroxyl groups is 2. The van der Waals surface area contributed by atoms with Crippen molar-refractivity contribution in [2.45, 2.75) is 181 Å². The van der Waals surface area contributed by atoms with Crippen molar-refractivity contribution in [3.63, 3.8) is 0 Å². The second-order valence-corrected chi connectivity index (χ2v) is 23.5. The standard InChI is InChI=1S/C54H74N2O6/c1-31(23-40(57)49-51(4,5)62-49)44-41(58)28-54(8)45(44)38(47(60)48-52(6)18-14-43(59)50(2,3)42(52)13-19-53(48,54)7)30-56-29-37(46-39(56)15-20-55-46)26-32-24-35(33-11-9-10-12-33)27-36(25-32)34-16-21-61-22-17-34/h15,20,24-25,27,29,31,33-34,38-40,42,47-49,57,60H,9-14,16-19,21-23,26,28,30H2,1-8H3. The molecule has 8 nitrogen and oxygen atoms in total. The molecule has 8 heteroatoms. The number of Topliss-reactive ketones (excluding diaryl/α,β-unsaturated/α-hetero) is 2. The number of rotatable bonds is 10. The lowest BCUT2D eigenvalue weighted by atomic mass is 9.34. The fraction of sp³-hybridized carbons (Fsp3) is 0.722. The Morgan fingerprint density at radius 3 is 2.27 bits per heavy atom. The summed E-state index contributed by atoms with van der Waals surface area (Å²) < 4.78 is 11.7. The predicted octanol–water partition coefficient (Wildman–Crippen LogP) is 9.58. The van der Waals surface area contributed by atoms with Gasteiger partial charge in [-0.3, -0.25) is 14.6 Å². The van der Waals surface area contributed by atoms with Gasteiger partial charge in [-0.15, -0.1) is 0 Å². The smallest absolute Gasteiger partial charge is 0.160 e. The normalized spacial score (nSPS) is 39.6. The molecule has 0 amide bonds. The van der Waals surface area contributed by atoms with E-state index in [1.165, 1.54) is 47.9 Å². The van der Waals surface area contributed by atoms with Crippen molar-refractivity contribution in [3.8, 4) is 0 Å². The van der Waals surface area contributed by atoms with Crippen molar-refractivity contribution in [1.82, 2.24) is 4.90 Å². The summed E-state index contributed by atoms with van der Waals surface area (Å²) in [6.45, 7) is 19.8. The summed E-state index contributed by atoms with van der Waals surface area (Å²) in [6, 6.07) is 7.44. The number of hydrogen-bond acceptors (Lipinski definition) is 8. The molecule has 2 saturated heterocycles. The summed E-state index contributed by atoms with van der Waals surface area (Å²) in [5.41, 5.74) is 6.70. The number of carbonyl (C=O) groups excluding carboxylic acids is 2. The number of epoxide rings is 1. The molecule has 10 rings (SSSR count). The van der Waals surface area contributed by atoms with Crippen LogP contribution < -0.4 is 0 Å². The van der Waals surface area contributed by atoms with Gasteiger partial charge in [0.1, 0.15) is 11.9 Å². The molecule has 6 fully saturated rings. The van der Waals surface area contributed by atoms with Crippen LogP contribution in [-0.4, -0.2) is 82.1 Å². The number of benzene rings is 1. The number of fused-ring (bicyclic) bond motifs is 6. The van der Waals surface area contributed by atoms with E-state index in [1.807, 2.05) is 20.0 Å². The Kier molecular flexibility index (Phi) is 10.5. The van der Waals surface area contributed by atoms with Crippen molar-refractivity contribution in [3.05, 3.63) is 70.1 Å². The number of aliphatic hydroxyl groups excluding tert-OH is 2. The van der Waals surface area contributed by atoms with E-state index in [9.17, 15) is 19.8 Å². The quantitative estimate of drug-likeness (QED) is 0.226. The molecule has 4 heterocycles. The van der Waals surface area contributed by atoms with E-state index in [-0.39, 0.29) is 58.0 Å². The van der Waals surface area contributed by atoms with E-state index in [0.717, 1.165) is 68.6 Å². The first-order valence-corrected chi connectivity index (χ1v) is 24.6. The van der Waals surface area contributed by atoms with Gasteiger partial charge in [0.15, 0.2) is 5.78 Å². The highest BCUT2D eigenvalue weighted by molar-refractivity contribution is 6.09. The topological polar surface area (TPSA) is 112 Å². The number of aliphatic imine (C=N–C) groups is 1. The molecule has 2 N–H and O–H groups in total. The molecule has 0 bridgehead atoms. The van der Waals surface area contributed by atoms with Crippen LogP contribution in [0.2, 0.25) is 0 Å². The zero-order valence-corrected chi connectivity index (χ0v) is 39.0. The molecule has 336 valence electrons. The molecule has 1 aromatic carbocycles. The Morgan fingerprint density at radius 1 is 0.919 bits per heavy atom. The zero-order valence-electron chi connectivity index (χ0n) is 39.0. The van der Waals surface area contributed by atoms with Crippen molar-refractivity contribution in [2.24, 2.45) is 50.3 Å². The van der Waals surface area contributed by atoms with Gasteiger partial charge < -0.3 is 24.6 Å². The SMILES string of the molecule is CC(CC(O)C1OC1(C)C)C1=C2C(CN3C=C(Cc4cc(C5CCCC5)cc(C5CCOCC5)c4)C4=NC=CC43)C(O)C3C4(C)CCC(=O)C(C)(C)C4CCC3(C)C2(C)CC1=O. The summed E-state index contributed by atoms with van der Waals surface area (Å²) in [7, 11) is 0. The molecule has 0 spiro atoms. The van der Waals surface area contributed by atoms with Gasteiger partial charge in [0.05, 0.1) is 29.6 Å². The Labute approximate surface area is 371 Å². The van der Waals surface area contributed by atoms with Crippen LogP contribution in [0.1, 0.15) is 161 Å². The summed E-state index contributed by atoms with van der Waals surface area (Å²) >= 11 is 0. The fourth-order valence-electron chi connectivity index (χ4n) is 16.0. The van der Waals surface area contributed by atoms with E-state index < -0.39 is 23.0 Å². The molecule has 11 unspecified atom stereocenters. The van der Waals surface area contributed by atoms with Crippen LogP contribution in [0.15, 0.2) is 58.4 Å². The Morgan fingerprint density at radius 2 is 1.60 bits per heavy atom. The van der Waals surface area contributed by atoms with Gasteiger partial charge in [0.25, 0.3) is 0 Å². The first-order chi connectivity index (χ1) is 29.4. The number of nitrogens with zero attached hydrogens (tertiary/aromatic N) is 2. The Bertz CT molecular complexity index is 2140. The maximum Gasteiger partial charge on any atom is 0.160 e. The average Bonchev–Trinajstić information content (AvgIpc) is 3.80. The second-order valence-electron chi connectivity index (χ2n) is 23.5. The molecule has 0 radical (unpaired) electrons. The molecule has 1 aromatic rings. The van der Waals surface area contributed by atoms with Crippen LogP contribution in [-0.2, 0) is 25.5 Å². The number of ketones is 2. The van der Waals surface area contributed by atoms with Crippen LogP contribution >= 0.6 is 0 Å². The lowest BCUT2D eigenvalue weighted by molar-refractivity contribution is -0.219. The minimum absolute atomic E-state index is 0.0275. The van der Waals surface area contributed by atoms with Gasteiger partial charge >= 0.3 is 0 Å². The zero-order chi connectivity index (χ0) is 43.7. The van der Waals surface area contributed by atoms with Gasteiger partial charge in [-0.25, -0.2) is 0 Å². The first-order valence-electron chi connectivity index (χ1n) is 24.6. The summed E-state index contributed by atoms with van der Waals surface area (Å²) in [5, 5.41) is 24.9. The Hall–Kier alpha value is -2.91. The molecule has 5 aliphatic carbocycles. The monoisotopic (exact) mass is 847 g/mol. The highest BCUT2D eigenvalue weighted by Gasteiger charge is 2.72. The number of ether oxygens (including phenoxy) is 2. The second kappa shape index (κ2) is 15.1. The molecule has 11 atom stereocenters. The third kappa shape index (κ3) is 6.59. The van der Waals surface area contributed by atoms with Crippen molar-refractivity contribution >= 4 is 17.3 Å². The maximum atomic E-state index is 14.8. The highest BCUT2D eigenvalue weighted by atomic mass is 16.6. The predicted molar refractivity (Wildman–Crippen MR) is 243 cm³/mol. The van der Waals surface area contributed by atoms with Gasteiger partial charge in [-0.1, -0.05) is 72.6 Å². The van der Waals surface area contributed by atoms with E-state index >= 15 is 0 Å². The molecule has 9 aliphatic rings. The van der Waals surface area contributed by atoms with E-state index in [4.69, 9.17) is 14.5 Å². The summed E-state index contributed by atoms with van der Waals surface area (Å²) in [5.74, 6) is 1.25. The number of hydrogen-bond donors (Lipinski definition) is 2. The van der Waals surface area contributed by atoms with Crippen LogP contribution in [0.5, 0.6) is 0 Å². The van der Waals surface area contributed by atoms with Crippen LogP contribution in [0.25, 0.3) is 0 Å². The molecule has 62 heavy (non-hydrogen) atoms. The Balaban J connectivity index is 1.04. The van der Waals surface area contributed by atoms with E-state index in [0.29, 0.717) is 43.4 Å². The fourth-order valence-corrected chi connectivity index (χ4v) is 16.0. The van der Waals surface area contributed by atoms with Crippen LogP contribution in [0, 0.1) is 45.3 Å². The lowest BCUT2D eigenvalue weighted by Crippen LogP contribution is -2.68. The molecule has 4 aliphatic heterocycles. The summed E-state index contributed by atoms with van der Waals surface area (Å²) in [6.07, 6.45) is 16.9. The van der Waals surface area contributed by atoms with E-state index in [1.54, 1.807) is 0 Å². The van der Waals surface area contributed by atoms with Gasteiger partial charge in [-0.05, 0) is 145 Å². The van der Waals surface area contributed by atoms with E-state index in [2.05, 4.69) is 76.9 Å². The molecule has 0 aromatic heterocycles. The minimum Gasteiger partial charge on any atom is -0.392 e. The van der Waals surface area contributed by atoms with Crippen molar-refractivity contribution < 1.29 is 29.3 Å². The molecular formula is C54H74N2O6. The van der Waals surface area contributed by atoms with Gasteiger partial charge in [0.2, 0.25) is 0 Å². The number of allylic oxidation sites excluding steroid dienone is 1. The molecular weight excluding hydrogens is 773 g/mol. The third-order valence-electron chi connectivity index (χ3n) is 19.3. The largest absolute Gasteiger partial charge is 0.392 e. The summed E-state index contributed by atoms with van der Waals surface area (Å²) in [4.78, 5) is 35.9. The van der Waals surface area contributed by atoms with Crippen molar-refractivity contribution in [2.75, 3.05) is 19.8 Å². The lowest BCUT2D eigenvalue weighted by Gasteiger charge is -2.70. The maximum absolute atomic E-state index is 14.8. The average molecular weight is 847 g/mol. The minimum atomic E-state index is -0.711. The van der Waals surface area contributed by atoms with Crippen molar-refractivity contribution in [1.29, 1.82) is 0 Å². The first kappa shape index (κ1) is 43.0. The highest BCUT2D eigenvalue weighted by Crippen LogP contribution is 2.75. The van der Waals surface area contributed by atoms with Crippen LogP contribution in [0.3, 0.4) is 0 Å². The van der Waals surface area contributed by atoms with Crippen LogP contribution in [0.4, 0.5) is 0 Å².